The Labute approximate surface area is 126 Å². The predicted molar refractivity (Wildman–Crippen MR) is 85.4 cm³/mol. The minimum Gasteiger partial charge on any atom is -0.340 e. The number of nitrogens with zero attached hydrogens (tertiary/aromatic N) is 1. The fourth-order valence-electron chi connectivity index (χ4n) is 2.30. The van der Waals surface area contributed by atoms with Crippen molar-refractivity contribution < 1.29 is 0 Å². The maximum atomic E-state index is 5.67. The number of hydrogen-bond donors (Lipinski definition) is 1. The van der Waals surface area contributed by atoms with Crippen LogP contribution in [0.25, 0.3) is 0 Å². The van der Waals surface area contributed by atoms with Gasteiger partial charge in [-0.3, -0.25) is 0 Å². The average molecular weight is 335 g/mol. The molecule has 0 bridgehead atoms. The average Bonchev–Trinajstić information content (AvgIpc) is 2.43. The minimum atomic E-state index is 0.720. The molecule has 2 aromatic carbocycles. The second kappa shape index (κ2) is 5.57. The van der Waals surface area contributed by atoms with Crippen molar-refractivity contribution in [3.8, 4) is 0 Å². The van der Waals surface area contributed by atoms with Crippen LogP contribution < -0.4 is 10.6 Å². The first-order valence-electron chi connectivity index (χ1n) is 6.33. The topological polar surface area (TPSA) is 29.3 Å². The van der Waals surface area contributed by atoms with Crippen LogP contribution in [0.5, 0.6) is 0 Å². The summed E-state index contributed by atoms with van der Waals surface area (Å²) in [5.41, 5.74) is 8.24. The van der Waals surface area contributed by atoms with Crippen molar-refractivity contribution in [3.05, 3.63) is 46.9 Å². The molecule has 0 fully saturated rings. The maximum Gasteiger partial charge on any atom is 0.0553 e. The first kappa shape index (κ1) is 13.0. The Morgan fingerprint density at radius 1 is 1.05 bits per heavy atom. The van der Waals surface area contributed by atoms with E-state index < -0.39 is 0 Å². The molecule has 1 aliphatic heterocycles. The molecule has 4 heteroatoms. The Morgan fingerprint density at radius 2 is 1.84 bits per heavy atom. The van der Waals surface area contributed by atoms with Gasteiger partial charge in [0.15, 0.2) is 0 Å². The third-order valence-electron chi connectivity index (χ3n) is 3.17. The molecule has 2 N–H and O–H groups in total. The molecule has 2 aromatic rings. The molecular formula is C15H15BrN2S. The Balaban J connectivity index is 2.07. The fourth-order valence-corrected chi connectivity index (χ4v) is 3.95. The summed E-state index contributed by atoms with van der Waals surface area (Å²) in [4.78, 5) is 4.98. The summed E-state index contributed by atoms with van der Waals surface area (Å²) in [6.45, 7) is 1.68. The van der Waals surface area contributed by atoms with Gasteiger partial charge in [-0.05, 0) is 43.3 Å². The van der Waals surface area contributed by atoms with Crippen molar-refractivity contribution in [2.45, 2.75) is 16.2 Å². The van der Waals surface area contributed by atoms with Crippen molar-refractivity contribution in [3.63, 3.8) is 0 Å². The van der Waals surface area contributed by atoms with E-state index in [2.05, 4.69) is 63.3 Å². The Kier molecular flexibility index (Phi) is 3.82. The third-order valence-corrected chi connectivity index (χ3v) is 4.78. The van der Waals surface area contributed by atoms with Crippen LogP contribution in [-0.2, 0) is 0 Å². The van der Waals surface area contributed by atoms with E-state index in [0.29, 0.717) is 0 Å². The normalized spacial score (nSPS) is 13.1. The fraction of sp³-hybridized carbons (Fsp3) is 0.200. The molecular weight excluding hydrogens is 320 g/mol. The number of halogens is 1. The number of benzene rings is 2. The van der Waals surface area contributed by atoms with Crippen LogP contribution in [0.15, 0.2) is 56.7 Å². The van der Waals surface area contributed by atoms with Gasteiger partial charge in [0.25, 0.3) is 0 Å². The molecule has 98 valence electrons. The van der Waals surface area contributed by atoms with Crippen LogP contribution in [0.3, 0.4) is 0 Å². The first-order valence-corrected chi connectivity index (χ1v) is 7.94. The van der Waals surface area contributed by atoms with Crippen LogP contribution in [0, 0.1) is 0 Å². The van der Waals surface area contributed by atoms with Crippen LogP contribution in [0.2, 0.25) is 0 Å². The van der Waals surface area contributed by atoms with Gasteiger partial charge in [-0.15, -0.1) is 0 Å². The summed E-state index contributed by atoms with van der Waals surface area (Å²) in [6.07, 6.45) is 0.995. The van der Waals surface area contributed by atoms with Gasteiger partial charge < -0.3 is 10.6 Å². The lowest BCUT2D eigenvalue weighted by molar-refractivity contribution is 0.807. The van der Waals surface area contributed by atoms with E-state index in [1.54, 1.807) is 0 Å². The number of para-hydroxylation sites is 1. The Hall–Kier alpha value is -0.970. The van der Waals surface area contributed by atoms with E-state index in [9.17, 15) is 0 Å². The molecule has 0 atom stereocenters. The molecule has 0 amide bonds. The van der Waals surface area contributed by atoms with Gasteiger partial charge in [-0.25, -0.2) is 0 Å². The molecule has 0 aromatic heterocycles. The zero-order valence-corrected chi connectivity index (χ0v) is 12.9. The van der Waals surface area contributed by atoms with Crippen LogP contribution in [0.1, 0.15) is 6.42 Å². The van der Waals surface area contributed by atoms with E-state index in [0.717, 1.165) is 24.0 Å². The first-order chi connectivity index (χ1) is 9.29. The van der Waals surface area contributed by atoms with Gasteiger partial charge in [-0.1, -0.05) is 39.8 Å². The third kappa shape index (κ3) is 2.53. The van der Waals surface area contributed by atoms with Gasteiger partial charge in [-0.2, -0.15) is 0 Å². The number of nitrogens with two attached hydrogens (primary N) is 1. The highest BCUT2D eigenvalue weighted by Crippen LogP contribution is 2.48. The van der Waals surface area contributed by atoms with Crippen LogP contribution in [-0.4, -0.2) is 13.1 Å². The number of hydrogen-bond acceptors (Lipinski definition) is 3. The maximum absolute atomic E-state index is 5.67. The molecule has 2 nitrogen and oxygen atoms in total. The molecule has 0 aliphatic carbocycles. The van der Waals surface area contributed by atoms with Gasteiger partial charge in [0, 0.05) is 20.8 Å². The van der Waals surface area contributed by atoms with Gasteiger partial charge in [0.1, 0.15) is 0 Å². The monoisotopic (exact) mass is 334 g/mol. The summed E-state index contributed by atoms with van der Waals surface area (Å²) in [5, 5.41) is 0. The molecule has 0 unspecified atom stereocenters. The second-order valence-corrected chi connectivity index (χ2v) is 6.48. The highest BCUT2D eigenvalue weighted by atomic mass is 79.9. The van der Waals surface area contributed by atoms with Crippen molar-refractivity contribution in [2.75, 3.05) is 18.0 Å². The lowest BCUT2D eigenvalue weighted by atomic mass is 10.2. The number of anilines is 2. The van der Waals surface area contributed by atoms with Crippen LogP contribution >= 0.6 is 27.7 Å². The highest BCUT2D eigenvalue weighted by molar-refractivity contribution is 9.10. The summed E-state index contributed by atoms with van der Waals surface area (Å²) in [5.74, 6) is 0. The smallest absolute Gasteiger partial charge is 0.0553 e. The van der Waals surface area contributed by atoms with E-state index in [-0.39, 0.29) is 0 Å². The van der Waals surface area contributed by atoms with Gasteiger partial charge >= 0.3 is 0 Å². The number of rotatable bonds is 3. The number of fused-ring (bicyclic) bond motifs is 2. The standard InChI is InChI=1S/C15H15BrN2S/c16-11-6-7-13-15(10-11)19-14-5-2-1-4-12(14)18(13)9-3-8-17/h1-2,4-7,10H,3,8-9,17H2. The Bertz CT molecular complexity index is 600. The van der Waals surface area contributed by atoms with Crippen LogP contribution in [0.4, 0.5) is 11.4 Å². The summed E-state index contributed by atoms with van der Waals surface area (Å²) in [7, 11) is 0. The van der Waals surface area contributed by atoms with Gasteiger partial charge in [0.05, 0.1) is 11.4 Å². The zero-order valence-electron chi connectivity index (χ0n) is 10.5. The van der Waals surface area contributed by atoms with Crippen molar-refractivity contribution in [1.82, 2.24) is 0 Å². The summed E-state index contributed by atoms with van der Waals surface area (Å²) >= 11 is 5.38. The second-order valence-electron chi connectivity index (χ2n) is 4.48. The molecule has 0 spiro atoms. The lowest BCUT2D eigenvalue weighted by Gasteiger charge is -2.32. The molecule has 19 heavy (non-hydrogen) atoms. The van der Waals surface area contributed by atoms with Gasteiger partial charge in [0.2, 0.25) is 0 Å². The Morgan fingerprint density at radius 3 is 2.68 bits per heavy atom. The van der Waals surface area contributed by atoms with Crippen molar-refractivity contribution in [1.29, 1.82) is 0 Å². The quantitative estimate of drug-likeness (QED) is 0.901. The zero-order chi connectivity index (χ0) is 13.2. The predicted octanol–water partition coefficient (Wildman–Crippen LogP) is 4.40. The van der Waals surface area contributed by atoms with E-state index in [1.165, 1.54) is 21.2 Å². The van der Waals surface area contributed by atoms with Crippen molar-refractivity contribution >= 4 is 39.1 Å². The molecule has 1 aliphatic rings. The van der Waals surface area contributed by atoms with E-state index in [4.69, 9.17) is 5.73 Å². The molecule has 1 heterocycles. The highest BCUT2D eigenvalue weighted by Gasteiger charge is 2.22. The van der Waals surface area contributed by atoms with E-state index in [1.807, 2.05) is 11.8 Å². The molecule has 0 saturated heterocycles. The molecule has 3 rings (SSSR count). The summed E-state index contributed by atoms with van der Waals surface area (Å²) in [6, 6.07) is 15.0. The SMILES string of the molecule is NCCCN1c2ccccc2Sc2cc(Br)ccc21. The lowest BCUT2D eigenvalue weighted by Crippen LogP contribution is -2.23. The molecule has 0 radical (unpaired) electrons. The molecule has 0 saturated carbocycles. The largest absolute Gasteiger partial charge is 0.340 e. The summed E-state index contributed by atoms with van der Waals surface area (Å²) < 4.78 is 1.12. The van der Waals surface area contributed by atoms with E-state index >= 15 is 0 Å². The minimum absolute atomic E-state index is 0.720. The van der Waals surface area contributed by atoms with Crippen molar-refractivity contribution in [2.24, 2.45) is 5.73 Å².